The van der Waals surface area contributed by atoms with E-state index in [9.17, 15) is 5.11 Å². The molecule has 0 aliphatic heterocycles. The highest BCUT2D eigenvalue weighted by atomic mass is 16.3. The molecule has 0 aromatic rings. The summed E-state index contributed by atoms with van der Waals surface area (Å²) in [6.07, 6.45) is 8.20. The van der Waals surface area contributed by atoms with Gasteiger partial charge in [0.05, 0.1) is 5.60 Å². The van der Waals surface area contributed by atoms with Gasteiger partial charge in [0.1, 0.15) is 0 Å². The fourth-order valence-electron chi connectivity index (χ4n) is 2.95. The molecule has 2 nitrogen and oxygen atoms in total. The molecule has 2 N–H and O–H groups in total. The molecule has 17 heavy (non-hydrogen) atoms. The monoisotopic (exact) mass is 241 g/mol. The molecule has 1 atom stereocenters. The fraction of sp³-hybridized carbons (Fsp3) is 1.00. The summed E-state index contributed by atoms with van der Waals surface area (Å²) in [6, 6.07) is 0. The minimum Gasteiger partial charge on any atom is -0.389 e. The van der Waals surface area contributed by atoms with Crippen LogP contribution in [0.25, 0.3) is 0 Å². The predicted molar refractivity (Wildman–Crippen MR) is 74.1 cm³/mol. The Morgan fingerprint density at radius 1 is 1.29 bits per heavy atom. The Bertz CT molecular complexity index is 197. The minimum atomic E-state index is -0.419. The summed E-state index contributed by atoms with van der Waals surface area (Å²) in [4.78, 5) is 0. The van der Waals surface area contributed by atoms with Crippen LogP contribution in [0.1, 0.15) is 65.7 Å². The van der Waals surface area contributed by atoms with E-state index in [0.717, 1.165) is 37.8 Å². The van der Waals surface area contributed by atoms with Crippen molar-refractivity contribution in [2.24, 2.45) is 11.8 Å². The molecule has 102 valence electrons. The average molecular weight is 241 g/mol. The maximum absolute atomic E-state index is 10.5. The van der Waals surface area contributed by atoms with Crippen LogP contribution in [0.4, 0.5) is 0 Å². The summed E-state index contributed by atoms with van der Waals surface area (Å²) in [7, 11) is 0. The van der Waals surface area contributed by atoms with Gasteiger partial charge in [-0.25, -0.2) is 0 Å². The first-order valence-corrected chi connectivity index (χ1v) is 7.52. The molecule has 0 saturated heterocycles. The van der Waals surface area contributed by atoms with Crippen molar-refractivity contribution in [2.75, 3.05) is 13.1 Å². The largest absolute Gasteiger partial charge is 0.389 e. The van der Waals surface area contributed by atoms with Crippen LogP contribution in [-0.4, -0.2) is 23.8 Å². The van der Waals surface area contributed by atoms with Crippen LogP contribution in [0.15, 0.2) is 0 Å². The summed E-state index contributed by atoms with van der Waals surface area (Å²) in [5.41, 5.74) is -0.419. The zero-order valence-electron chi connectivity index (χ0n) is 12.0. The third-order valence-corrected chi connectivity index (χ3v) is 4.34. The highest BCUT2D eigenvalue weighted by Gasteiger charge is 2.32. The van der Waals surface area contributed by atoms with Crippen molar-refractivity contribution >= 4 is 0 Å². The quantitative estimate of drug-likeness (QED) is 0.716. The van der Waals surface area contributed by atoms with Crippen molar-refractivity contribution in [1.29, 1.82) is 0 Å². The number of nitrogens with one attached hydrogen (secondary N) is 1. The Morgan fingerprint density at radius 3 is 2.47 bits per heavy atom. The SMILES string of the molecule is CCCC(C)CNCC1(O)CCC(CC)CC1. The van der Waals surface area contributed by atoms with E-state index in [2.05, 4.69) is 26.1 Å². The molecule has 1 fully saturated rings. The Morgan fingerprint density at radius 2 is 1.94 bits per heavy atom. The zero-order valence-corrected chi connectivity index (χ0v) is 12.0. The predicted octanol–water partition coefficient (Wildman–Crippen LogP) is 3.34. The molecule has 0 spiro atoms. The third kappa shape index (κ3) is 5.39. The van der Waals surface area contributed by atoms with Crippen molar-refractivity contribution in [1.82, 2.24) is 5.32 Å². The number of rotatable bonds is 7. The molecule has 2 heteroatoms. The Labute approximate surface area is 107 Å². The molecule has 1 saturated carbocycles. The summed E-state index contributed by atoms with van der Waals surface area (Å²) in [6.45, 7) is 8.62. The number of aliphatic hydroxyl groups is 1. The number of hydrogen-bond donors (Lipinski definition) is 2. The normalized spacial score (nSPS) is 31.4. The molecule has 0 amide bonds. The third-order valence-electron chi connectivity index (χ3n) is 4.34. The van der Waals surface area contributed by atoms with Gasteiger partial charge in [-0.3, -0.25) is 0 Å². The average Bonchev–Trinajstić information content (AvgIpc) is 2.30. The first kappa shape index (κ1) is 15.0. The van der Waals surface area contributed by atoms with Crippen molar-refractivity contribution < 1.29 is 5.11 Å². The van der Waals surface area contributed by atoms with Gasteiger partial charge in [0.2, 0.25) is 0 Å². The zero-order chi connectivity index (χ0) is 12.7. The molecule has 0 aromatic heterocycles. The highest BCUT2D eigenvalue weighted by molar-refractivity contribution is 4.87. The van der Waals surface area contributed by atoms with E-state index in [1.807, 2.05) is 0 Å². The van der Waals surface area contributed by atoms with Crippen LogP contribution >= 0.6 is 0 Å². The van der Waals surface area contributed by atoms with Gasteiger partial charge in [-0.05, 0) is 50.5 Å². The highest BCUT2D eigenvalue weighted by Crippen LogP contribution is 2.33. The molecule has 0 bridgehead atoms. The number of hydrogen-bond acceptors (Lipinski definition) is 2. The summed E-state index contributed by atoms with van der Waals surface area (Å²) in [5, 5.41) is 13.9. The van der Waals surface area contributed by atoms with E-state index in [0.29, 0.717) is 0 Å². The molecule has 0 aromatic carbocycles. The van der Waals surface area contributed by atoms with E-state index in [4.69, 9.17) is 0 Å². The molecular weight excluding hydrogens is 210 g/mol. The van der Waals surface area contributed by atoms with E-state index in [1.165, 1.54) is 32.1 Å². The van der Waals surface area contributed by atoms with Crippen LogP contribution in [0.3, 0.4) is 0 Å². The van der Waals surface area contributed by atoms with Gasteiger partial charge < -0.3 is 10.4 Å². The second-order valence-electron chi connectivity index (χ2n) is 6.10. The Kier molecular flexibility index (Phi) is 6.50. The smallest absolute Gasteiger partial charge is 0.0771 e. The Hall–Kier alpha value is -0.0800. The van der Waals surface area contributed by atoms with Crippen LogP contribution in [0.5, 0.6) is 0 Å². The van der Waals surface area contributed by atoms with Crippen LogP contribution < -0.4 is 5.32 Å². The molecule has 1 unspecified atom stereocenters. The molecule has 1 rings (SSSR count). The van der Waals surface area contributed by atoms with Crippen LogP contribution in [0.2, 0.25) is 0 Å². The van der Waals surface area contributed by atoms with Crippen molar-refractivity contribution in [3.8, 4) is 0 Å². The maximum Gasteiger partial charge on any atom is 0.0771 e. The molecule has 1 aliphatic rings. The van der Waals surface area contributed by atoms with Gasteiger partial charge in [0, 0.05) is 6.54 Å². The Balaban J connectivity index is 2.18. The first-order valence-electron chi connectivity index (χ1n) is 7.52. The van der Waals surface area contributed by atoms with Crippen LogP contribution in [-0.2, 0) is 0 Å². The first-order chi connectivity index (χ1) is 8.09. The molecule has 0 radical (unpaired) electrons. The second kappa shape index (κ2) is 7.38. The van der Waals surface area contributed by atoms with Crippen LogP contribution in [0, 0.1) is 11.8 Å². The maximum atomic E-state index is 10.5. The van der Waals surface area contributed by atoms with Gasteiger partial charge in [-0.15, -0.1) is 0 Å². The van der Waals surface area contributed by atoms with Gasteiger partial charge >= 0.3 is 0 Å². The van der Waals surface area contributed by atoms with E-state index in [-0.39, 0.29) is 0 Å². The lowest BCUT2D eigenvalue weighted by molar-refractivity contribution is -0.00903. The standard InChI is InChI=1S/C15H31NO/c1-4-6-13(3)11-16-12-15(17)9-7-14(5-2)8-10-15/h13-14,16-17H,4-12H2,1-3H3. The van der Waals surface area contributed by atoms with Gasteiger partial charge in [-0.1, -0.05) is 33.6 Å². The lowest BCUT2D eigenvalue weighted by Gasteiger charge is -2.36. The molecule has 0 heterocycles. The summed E-state index contributed by atoms with van der Waals surface area (Å²) >= 11 is 0. The van der Waals surface area contributed by atoms with E-state index in [1.54, 1.807) is 0 Å². The van der Waals surface area contributed by atoms with Crippen molar-refractivity contribution in [2.45, 2.75) is 71.3 Å². The van der Waals surface area contributed by atoms with Crippen molar-refractivity contribution in [3.05, 3.63) is 0 Å². The van der Waals surface area contributed by atoms with Gasteiger partial charge in [0.25, 0.3) is 0 Å². The van der Waals surface area contributed by atoms with Gasteiger partial charge in [0.15, 0.2) is 0 Å². The fourth-order valence-corrected chi connectivity index (χ4v) is 2.95. The minimum absolute atomic E-state index is 0.419. The topological polar surface area (TPSA) is 32.3 Å². The molecule has 1 aliphatic carbocycles. The van der Waals surface area contributed by atoms with Crippen molar-refractivity contribution in [3.63, 3.8) is 0 Å². The van der Waals surface area contributed by atoms with E-state index < -0.39 is 5.60 Å². The summed E-state index contributed by atoms with van der Waals surface area (Å²) < 4.78 is 0. The summed E-state index contributed by atoms with van der Waals surface area (Å²) in [5.74, 6) is 1.59. The second-order valence-corrected chi connectivity index (χ2v) is 6.10. The van der Waals surface area contributed by atoms with E-state index >= 15 is 0 Å². The lowest BCUT2D eigenvalue weighted by Crippen LogP contribution is -2.44. The lowest BCUT2D eigenvalue weighted by atomic mass is 9.78. The van der Waals surface area contributed by atoms with Gasteiger partial charge in [-0.2, -0.15) is 0 Å². The molecular formula is C15H31NO.